The van der Waals surface area contributed by atoms with Crippen LogP contribution < -0.4 is 0 Å². The van der Waals surface area contributed by atoms with Gasteiger partial charge in [0.2, 0.25) is 0 Å². The lowest BCUT2D eigenvalue weighted by Gasteiger charge is -2.27. The summed E-state index contributed by atoms with van der Waals surface area (Å²) in [6, 6.07) is -0.145. The molecule has 7 heteroatoms. The highest BCUT2D eigenvalue weighted by Crippen LogP contribution is 2.27. The van der Waals surface area contributed by atoms with Crippen molar-refractivity contribution in [3.63, 3.8) is 0 Å². The molecule has 0 aliphatic rings. The predicted octanol–water partition coefficient (Wildman–Crippen LogP) is 2.16. The van der Waals surface area contributed by atoms with Crippen LogP contribution in [0.3, 0.4) is 0 Å². The Morgan fingerprint density at radius 3 is 2.45 bits per heavy atom. The summed E-state index contributed by atoms with van der Waals surface area (Å²) < 4.78 is 3.85. The molecule has 0 radical (unpaired) electrons. The Kier molecular flexibility index (Phi) is 5.21. The molecular formula is C13H21N3O3S. The Balaban J connectivity index is 3.13. The van der Waals surface area contributed by atoms with Gasteiger partial charge in [-0.3, -0.25) is 9.59 Å². The summed E-state index contributed by atoms with van der Waals surface area (Å²) in [5.41, 5.74) is 0.314. The van der Waals surface area contributed by atoms with Crippen molar-refractivity contribution < 1.29 is 14.7 Å². The fraction of sp³-hybridized carbons (Fsp3) is 0.692. The minimum absolute atomic E-state index is 0.145. The van der Waals surface area contributed by atoms with E-state index in [-0.39, 0.29) is 23.9 Å². The Morgan fingerprint density at radius 1 is 1.40 bits per heavy atom. The smallest absolute Gasteiger partial charge is 0.323 e. The second-order valence-corrected chi connectivity index (χ2v) is 6.54. The number of hydrogen-bond acceptors (Lipinski definition) is 5. The molecule has 0 saturated carbocycles. The fourth-order valence-corrected chi connectivity index (χ4v) is 2.58. The van der Waals surface area contributed by atoms with Gasteiger partial charge >= 0.3 is 5.97 Å². The van der Waals surface area contributed by atoms with Crippen LogP contribution in [0.4, 0.5) is 0 Å². The molecule has 1 atom stereocenters. The number of carbonyl (C=O) groups excluding carboxylic acids is 1. The maximum absolute atomic E-state index is 12.6. The molecule has 0 spiro atoms. The zero-order valence-corrected chi connectivity index (χ0v) is 13.3. The van der Waals surface area contributed by atoms with Gasteiger partial charge in [0.25, 0.3) is 5.91 Å². The molecule has 1 aromatic heterocycles. The second-order valence-electron chi connectivity index (χ2n) is 5.78. The van der Waals surface area contributed by atoms with E-state index in [0.29, 0.717) is 17.0 Å². The van der Waals surface area contributed by atoms with Gasteiger partial charge in [-0.2, -0.15) is 0 Å². The van der Waals surface area contributed by atoms with Crippen molar-refractivity contribution in [2.45, 2.75) is 52.5 Å². The largest absolute Gasteiger partial charge is 0.480 e. The van der Waals surface area contributed by atoms with Gasteiger partial charge in [-0.1, -0.05) is 32.2 Å². The molecule has 20 heavy (non-hydrogen) atoms. The van der Waals surface area contributed by atoms with Gasteiger partial charge in [0, 0.05) is 11.5 Å². The van der Waals surface area contributed by atoms with E-state index in [9.17, 15) is 9.59 Å². The number of aliphatic carboxylic acids is 1. The molecule has 1 aromatic rings. The summed E-state index contributed by atoms with van der Waals surface area (Å²) in [6.45, 7) is 9.30. The van der Waals surface area contributed by atoms with Gasteiger partial charge in [-0.15, -0.1) is 5.10 Å². The highest BCUT2D eigenvalue weighted by Gasteiger charge is 2.31. The van der Waals surface area contributed by atoms with Crippen LogP contribution in [0.2, 0.25) is 0 Å². The first-order valence-corrected chi connectivity index (χ1v) is 7.31. The van der Waals surface area contributed by atoms with Crippen molar-refractivity contribution in [1.82, 2.24) is 14.5 Å². The molecule has 1 rings (SSSR count). The summed E-state index contributed by atoms with van der Waals surface area (Å²) in [5, 5.41) is 13.0. The van der Waals surface area contributed by atoms with E-state index in [0.717, 1.165) is 11.5 Å². The van der Waals surface area contributed by atoms with Crippen LogP contribution in [0.25, 0.3) is 0 Å². The van der Waals surface area contributed by atoms with E-state index in [2.05, 4.69) is 9.59 Å². The highest BCUT2D eigenvalue weighted by atomic mass is 32.1. The van der Waals surface area contributed by atoms with E-state index in [4.69, 9.17) is 5.11 Å². The van der Waals surface area contributed by atoms with Crippen molar-refractivity contribution in [3.8, 4) is 0 Å². The lowest BCUT2D eigenvalue weighted by Crippen LogP contribution is -2.42. The van der Waals surface area contributed by atoms with Gasteiger partial charge in [0.15, 0.2) is 0 Å². The molecule has 0 aliphatic heterocycles. The SMILES string of the molecule is CCC(C)N(CC(=O)O)C(=O)c1snnc1C(C)(C)C. The zero-order chi connectivity index (χ0) is 15.5. The summed E-state index contributed by atoms with van der Waals surface area (Å²) >= 11 is 1.02. The maximum atomic E-state index is 12.6. The first-order chi connectivity index (χ1) is 9.18. The number of rotatable bonds is 5. The Morgan fingerprint density at radius 2 is 2.00 bits per heavy atom. The minimum atomic E-state index is -1.02. The van der Waals surface area contributed by atoms with Crippen LogP contribution in [0.15, 0.2) is 0 Å². The number of aromatic nitrogens is 2. The number of amides is 1. The first kappa shape index (κ1) is 16.6. The molecule has 112 valence electrons. The minimum Gasteiger partial charge on any atom is -0.480 e. The third-order valence-electron chi connectivity index (χ3n) is 3.08. The number of carbonyl (C=O) groups is 2. The van der Waals surface area contributed by atoms with Crippen LogP contribution in [0.5, 0.6) is 0 Å². The van der Waals surface area contributed by atoms with Gasteiger partial charge in [0.1, 0.15) is 11.4 Å². The standard InChI is InChI=1S/C13H21N3O3S/c1-6-8(2)16(7-9(17)18)12(19)10-11(13(3,4)5)14-15-20-10/h8H,6-7H2,1-5H3,(H,17,18). The van der Waals surface area contributed by atoms with Crippen molar-refractivity contribution in [1.29, 1.82) is 0 Å². The monoisotopic (exact) mass is 299 g/mol. The molecule has 0 bridgehead atoms. The molecule has 0 saturated heterocycles. The zero-order valence-electron chi connectivity index (χ0n) is 12.5. The topological polar surface area (TPSA) is 83.4 Å². The molecule has 1 amide bonds. The van der Waals surface area contributed by atoms with Crippen LogP contribution in [0, 0.1) is 0 Å². The Labute approximate surface area is 123 Å². The number of hydrogen-bond donors (Lipinski definition) is 1. The average Bonchev–Trinajstić information content (AvgIpc) is 2.82. The van der Waals surface area contributed by atoms with Crippen LogP contribution in [-0.4, -0.2) is 44.1 Å². The van der Waals surface area contributed by atoms with E-state index in [1.807, 2.05) is 34.6 Å². The number of carboxylic acids is 1. The summed E-state index contributed by atoms with van der Waals surface area (Å²) in [5.74, 6) is -1.32. The van der Waals surface area contributed by atoms with Gasteiger partial charge in [-0.05, 0) is 24.9 Å². The van der Waals surface area contributed by atoms with Crippen molar-refractivity contribution in [3.05, 3.63) is 10.6 Å². The summed E-state index contributed by atoms with van der Waals surface area (Å²) in [6.07, 6.45) is 0.691. The van der Waals surface area contributed by atoms with E-state index in [1.54, 1.807) is 0 Å². The number of carboxylic acid groups (broad SMARTS) is 1. The predicted molar refractivity (Wildman–Crippen MR) is 77.0 cm³/mol. The van der Waals surface area contributed by atoms with Gasteiger partial charge < -0.3 is 10.0 Å². The third-order valence-corrected chi connectivity index (χ3v) is 3.80. The van der Waals surface area contributed by atoms with Crippen molar-refractivity contribution >= 4 is 23.4 Å². The lowest BCUT2D eigenvalue weighted by molar-refractivity contribution is -0.138. The van der Waals surface area contributed by atoms with Crippen LogP contribution in [-0.2, 0) is 10.2 Å². The maximum Gasteiger partial charge on any atom is 0.323 e. The molecule has 6 nitrogen and oxygen atoms in total. The molecular weight excluding hydrogens is 278 g/mol. The fourth-order valence-electron chi connectivity index (χ4n) is 1.75. The molecule has 1 heterocycles. The summed E-state index contributed by atoms with van der Waals surface area (Å²) in [7, 11) is 0. The number of nitrogens with zero attached hydrogens (tertiary/aromatic N) is 3. The van der Waals surface area contributed by atoms with Crippen molar-refractivity contribution in [2.24, 2.45) is 0 Å². The van der Waals surface area contributed by atoms with Gasteiger partial charge in [0.05, 0.1) is 5.69 Å². The average molecular weight is 299 g/mol. The molecule has 0 fully saturated rings. The lowest BCUT2D eigenvalue weighted by atomic mass is 9.91. The van der Waals surface area contributed by atoms with E-state index in [1.165, 1.54) is 4.90 Å². The first-order valence-electron chi connectivity index (χ1n) is 6.54. The molecule has 1 N–H and O–H groups in total. The van der Waals surface area contributed by atoms with Crippen LogP contribution in [0.1, 0.15) is 56.4 Å². The molecule has 0 aliphatic carbocycles. The van der Waals surface area contributed by atoms with Crippen molar-refractivity contribution in [2.75, 3.05) is 6.54 Å². The normalized spacial score (nSPS) is 13.1. The quantitative estimate of drug-likeness (QED) is 0.900. The second kappa shape index (κ2) is 6.30. The summed E-state index contributed by atoms with van der Waals surface area (Å²) in [4.78, 5) is 25.4. The van der Waals surface area contributed by atoms with Crippen LogP contribution >= 0.6 is 11.5 Å². The molecule has 0 aromatic carbocycles. The van der Waals surface area contributed by atoms with E-state index < -0.39 is 5.97 Å². The van der Waals surface area contributed by atoms with Gasteiger partial charge in [-0.25, -0.2) is 0 Å². The third kappa shape index (κ3) is 3.75. The Hall–Kier alpha value is -1.50. The van der Waals surface area contributed by atoms with E-state index >= 15 is 0 Å². The molecule has 1 unspecified atom stereocenters. The Bertz CT molecular complexity index is 493. The highest BCUT2D eigenvalue weighted by molar-refractivity contribution is 7.08.